The highest BCUT2D eigenvalue weighted by atomic mass is 127. The Labute approximate surface area is 679 Å². The predicted octanol–water partition coefficient (Wildman–Crippen LogP) is 17.1. The lowest BCUT2D eigenvalue weighted by Gasteiger charge is -2.23. The number of para-hydroxylation sites is 2. The number of aliphatic hydroxyl groups is 4. The van der Waals surface area contributed by atoms with Crippen molar-refractivity contribution in [3.05, 3.63) is 318 Å². The van der Waals surface area contributed by atoms with Gasteiger partial charge < -0.3 is 60.9 Å². The largest absolute Gasteiger partial charge is 0.488 e. The number of aryl methyl sites for hydroxylation is 6. The SMILES string of the molecule is Cc1ccc(-c2cccc(OC(=O)Nc3cccc4c3CC(O)CC4)c2)cc1.Cc1ccc(B(O)O)cc1.Nc1cccc(I)c1.Nc1cccc2c1CC(O)CC2.O=C(Cl)Oc1ccccc1.O=C(Nc1cccc2c1CC(O)CC2)Oc1cccc(I)c1.O=C(Nc1cccc2c1CC(O)CC2)Oc1ccccc1. The van der Waals surface area contributed by atoms with Crippen LogP contribution in [0.5, 0.6) is 23.0 Å². The van der Waals surface area contributed by atoms with Gasteiger partial charge in [-0.1, -0.05) is 169 Å². The number of fused-ring (bicyclic) bond motifs is 4. The number of hydrogen-bond donors (Lipinski definition) is 11. The van der Waals surface area contributed by atoms with Crippen LogP contribution in [-0.2, 0) is 51.4 Å². The van der Waals surface area contributed by atoms with Gasteiger partial charge in [0.2, 0.25) is 0 Å². The Hall–Kier alpha value is -10.1. The standard InChI is InChI=1S/C24H23NO3.C17H16INO3.C17H17NO3.C10H13NO.C7H9BO2.C7H5ClO2.C6H6IN/c1-16-8-10-17(11-9-16)19-5-2-6-21(14-19)28-24(27)25-23-7-3-4-18-12-13-20(26)15-22(18)23;18-12-4-2-5-14(9-12)22-17(21)19-16-6-1-3-11-7-8-13(20)10-15(11)16;19-13-10-9-12-5-4-8-16(15(12)11-13)18-17(20)21-14-6-2-1-3-7-14;11-10-3-1-2-7-4-5-8(12)6-9(7)10;1-6-2-4-7(5-3-6)8(9)10;8-7(9)10-6-4-2-1-3-5-6;7-5-2-1-3-6(8)4-5/h2-11,14,20,26H,12-13,15H2,1H3,(H,25,27);1-6,9,13,20H,7-8,10H2,(H,19,21);1-8,13,19H,9-11H2,(H,18,20);1-3,8,12H,4-6,11H2;2-5,9-10H,1H3;1-5H;1-4H,8H2. The highest BCUT2D eigenvalue weighted by Crippen LogP contribution is 2.33. The molecule has 19 nitrogen and oxygen atoms in total. The van der Waals surface area contributed by atoms with Crippen molar-refractivity contribution in [1.82, 2.24) is 0 Å². The van der Waals surface area contributed by atoms with Gasteiger partial charge in [0.25, 0.3) is 0 Å². The average molecular weight is 1740 g/mol. The van der Waals surface area contributed by atoms with Crippen molar-refractivity contribution >= 4 is 122 Å². The maximum atomic E-state index is 12.4. The first-order valence-electron chi connectivity index (χ1n) is 36.2. The molecule has 0 spiro atoms. The zero-order valence-corrected chi connectivity index (χ0v) is 66.4. The van der Waals surface area contributed by atoms with Crippen molar-refractivity contribution < 1.29 is 68.6 Å². The second-order valence-electron chi connectivity index (χ2n) is 26.6. The summed E-state index contributed by atoms with van der Waals surface area (Å²) in [5.41, 5.74) is 28.1. The summed E-state index contributed by atoms with van der Waals surface area (Å²) in [7, 11) is -1.35. The maximum Gasteiger partial charge on any atom is 0.488 e. The van der Waals surface area contributed by atoms with E-state index in [2.05, 4.69) is 103 Å². The predicted molar refractivity (Wildman–Crippen MR) is 456 cm³/mol. The summed E-state index contributed by atoms with van der Waals surface area (Å²) in [4.78, 5) is 46.6. The summed E-state index contributed by atoms with van der Waals surface area (Å²) in [6, 6.07) is 78.8. The fraction of sp³-hybridized carbons (Fsp3) is 0.205. The van der Waals surface area contributed by atoms with Gasteiger partial charge in [-0.3, -0.25) is 16.0 Å². The molecule has 15 rings (SSSR count). The van der Waals surface area contributed by atoms with E-state index in [4.69, 9.17) is 47.3 Å². The smallest absolute Gasteiger partial charge is 0.423 e. The molecule has 0 radical (unpaired) electrons. The van der Waals surface area contributed by atoms with Crippen LogP contribution in [0, 0.1) is 21.0 Å². The van der Waals surface area contributed by atoms with Gasteiger partial charge in [-0.25, -0.2) is 19.2 Å². The first-order valence-corrected chi connectivity index (χ1v) is 38.7. The first-order chi connectivity index (χ1) is 53.5. The first kappa shape index (κ1) is 84.9. The van der Waals surface area contributed by atoms with E-state index in [1.54, 1.807) is 66.7 Å². The second kappa shape index (κ2) is 43.5. The number of halogens is 3. The van der Waals surface area contributed by atoms with Crippen LogP contribution in [0.3, 0.4) is 0 Å². The van der Waals surface area contributed by atoms with Gasteiger partial charge in [0.1, 0.15) is 23.0 Å². The molecule has 0 saturated carbocycles. The van der Waals surface area contributed by atoms with Crippen LogP contribution in [0.1, 0.15) is 81.3 Å². The minimum absolute atomic E-state index is 0.192. The minimum atomic E-state index is -1.35. The van der Waals surface area contributed by atoms with Crippen molar-refractivity contribution in [2.45, 2.75) is 115 Å². The van der Waals surface area contributed by atoms with E-state index in [0.29, 0.717) is 64.8 Å². The van der Waals surface area contributed by atoms with Crippen molar-refractivity contribution in [1.29, 1.82) is 0 Å². The van der Waals surface area contributed by atoms with Crippen LogP contribution in [0.4, 0.5) is 47.6 Å². The van der Waals surface area contributed by atoms with E-state index >= 15 is 0 Å². The summed E-state index contributed by atoms with van der Waals surface area (Å²) in [6.07, 6.45) is 6.20. The van der Waals surface area contributed by atoms with Crippen LogP contribution in [-0.4, -0.2) is 85.7 Å². The number of carbonyl (C=O) groups excluding carboxylic acids is 4. The molecule has 111 heavy (non-hydrogen) atoms. The molecule has 4 aliphatic rings. The lowest BCUT2D eigenvalue weighted by molar-refractivity contribution is 0.158. The number of nitrogens with one attached hydrogen (secondary N) is 3. The third-order valence-corrected chi connectivity index (χ3v) is 19.6. The summed E-state index contributed by atoms with van der Waals surface area (Å²) < 4.78 is 22.8. The lowest BCUT2D eigenvalue weighted by Crippen LogP contribution is -2.29. The second-order valence-corrected chi connectivity index (χ2v) is 29.4. The fourth-order valence-electron chi connectivity index (χ4n) is 12.5. The molecule has 4 atom stereocenters. The number of amides is 3. The molecule has 11 aromatic rings. The van der Waals surface area contributed by atoms with Crippen molar-refractivity contribution in [3.8, 4) is 34.1 Å². The summed E-state index contributed by atoms with van der Waals surface area (Å²) in [6.45, 7) is 4.00. The Bertz CT molecular complexity index is 4840. The number of nitrogen functional groups attached to an aromatic ring is 2. The van der Waals surface area contributed by atoms with Gasteiger partial charge >= 0.3 is 30.8 Å². The number of hydrogen-bond acceptors (Lipinski definition) is 16. The molecule has 0 bridgehead atoms. The van der Waals surface area contributed by atoms with Crippen molar-refractivity contribution in [2.24, 2.45) is 0 Å². The molecule has 0 aliphatic heterocycles. The molecule has 23 heteroatoms. The van der Waals surface area contributed by atoms with E-state index < -0.39 is 30.8 Å². The van der Waals surface area contributed by atoms with E-state index in [9.17, 15) is 39.6 Å². The number of carbonyl (C=O) groups is 4. The van der Waals surface area contributed by atoms with Gasteiger partial charge in [-0.05, 0) is 269 Å². The fourth-order valence-corrected chi connectivity index (χ4v) is 13.7. The average Bonchev–Trinajstić information content (AvgIpc) is 0.827. The number of rotatable bonds is 9. The number of nitrogens with two attached hydrogens (primary N) is 2. The van der Waals surface area contributed by atoms with Crippen molar-refractivity contribution in [2.75, 3.05) is 27.4 Å². The van der Waals surface area contributed by atoms with E-state index in [1.807, 2.05) is 165 Å². The van der Waals surface area contributed by atoms with Crippen molar-refractivity contribution in [3.63, 3.8) is 0 Å². The van der Waals surface area contributed by atoms with Gasteiger partial charge in [-0.15, -0.1) is 0 Å². The summed E-state index contributed by atoms with van der Waals surface area (Å²) in [5.74, 6) is 1.96. The number of anilines is 5. The summed E-state index contributed by atoms with van der Waals surface area (Å²) >= 11 is 9.34. The van der Waals surface area contributed by atoms with Gasteiger partial charge in [-0.2, -0.15) is 0 Å². The van der Waals surface area contributed by atoms with E-state index in [0.717, 1.165) is 112 Å². The Morgan fingerprint density at radius 3 is 1.14 bits per heavy atom. The Morgan fingerprint density at radius 1 is 0.387 bits per heavy atom. The molecule has 0 fully saturated rings. The molecule has 4 aliphatic carbocycles. The van der Waals surface area contributed by atoms with Gasteiger partial charge in [0.05, 0.1) is 24.4 Å². The molecule has 13 N–H and O–H groups in total. The van der Waals surface area contributed by atoms with Crippen LogP contribution in [0.15, 0.2) is 255 Å². The zero-order chi connectivity index (χ0) is 79.2. The van der Waals surface area contributed by atoms with Crippen LogP contribution < -0.4 is 51.8 Å². The molecule has 3 amide bonds. The third kappa shape index (κ3) is 28.3. The molecule has 11 aromatic carbocycles. The van der Waals surface area contributed by atoms with Crippen LogP contribution >= 0.6 is 56.8 Å². The number of ether oxygens (including phenoxy) is 4. The topological polar surface area (TPSA) is 315 Å². The van der Waals surface area contributed by atoms with Gasteiger partial charge in [0.15, 0.2) is 0 Å². The maximum absolute atomic E-state index is 12.4. The monoisotopic (exact) mass is 1740 g/mol. The number of benzene rings is 11. The minimum Gasteiger partial charge on any atom is -0.423 e. The van der Waals surface area contributed by atoms with Crippen LogP contribution in [0.25, 0.3) is 11.1 Å². The molecule has 4 unspecified atom stereocenters. The molecule has 574 valence electrons. The summed E-state index contributed by atoms with van der Waals surface area (Å²) in [5, 5.41) is 64.8. The lowest BCUT2D eigenvalue weighted by atomic mass is 9.80. The molecule has 0 aromatic heterocycles. The molecule has 0 heterocycles. The zero-order valence-electron chi connectivity index (χ0n) is 61.4. The van der Waals surface area contributed by atoms with Crippen LogP contribution in [0.2, 0.25) is 0 Å². The normalized spacial score (nSPS) is 15.1. The highest BCUT2D eigenvalue weighted by molar-refractivity contribution is 14.1. The quantitative estimate of drug-likeness (QED) is 0.0277. The Morgan fingerprint density at radius 2 is 0.739 bits per heavy atom. The molecular formula is C88H89BClI2N5O14. The highest BCUT2D eigenvalue weighted by Gasteiger charge is 2.24. The molecular weight excluding hydrogens is 1650 g/mol. The third-order valence-electron chi connectivity index (χ3n) is 18.1. The van der Waals surface area contributed by atoms with Gasteiger partial charge in [0, 0.05) is 72.9 Å². The Balaban J connectivity index is 0.000000155. The van der Waals surface area contributed by atoms with E-state index in [1.165, 1.54) is 31.4 Å². The number of aliphatic hydroxyl groups excluding tert-OH is 4. The Kier molecular flexibility index (Phi) is 33.2. The molecule has 0 saturated heterocycles. The van der Waals surface area contributed by atoms with E-state index in [-0.39, 0.29) is 24.4 Å².